The van der Waals surface area contributed by atoms with Gasteiger partial charge in [-0.25, -0.2) is 8.42 Å². The third-order valence-electron chi connectivity index (χ3n) is 4.23. The summed E-state index contributed by atoms with van der Waals surface area (Å²) in [5.74, 6) is 0.133. The first-order chi connectivity index (χ1) is 9.38. The highest BCUT2D eigenvalue weighted by atomic mass is 32.2. The second-order valence-corrected chi connectivity index (χ2v) is 8.47. The average molecular weight is 316 g/mol. The molecule has 0 aromatic carbocycles. The Morgan fingerprint density at radius 3 is 2.85 bits per heavy atom. The van der Waals surface area contributed by atoms with Gasteiger partial charge in [0.15, 0.2) is 15.7 Å². The zero-order valence-electron chi connectivity index (χ0n) is 11.7. The molecule has 8 heteroatoms. The van der Waals surface area contributed by atoms with Gasteiger partial charge in [-0.1, -0.05) is 0 Å². The highest BCUT2D eigenvalue weighted by Crippen LogP contribution is 2.38. The molecule has 0 aliphatic carbocycles. The number of nitrogens with zero attached hydrogens (tertiary/aromatic N) is 3. The molecule has 3 rings (SSSR count). The molecule has 0 radical (unpaired) electrons. The molecule has 6 nitrogen and oxygen atoms in total. The van der Waals surface area contributed by atoms with Crippen molar-refractivity contribution in [3.05, 3.63) is 0 Å². The SMILES string of the molecule is CC1CN2CCCC2CN1c1snc(N)c1S(C)(=O)=O. The Bertz CT molecular complexity index is 613. The van der Waals surface area contributed by atoms with Crippen molar-refractivity contribution in [1.82, 2.24) is 9.27 Å². The zero-order valence-corrected chi connectivity index (χ0v) is 13.4. The molecular formula is C12H20N4O2S2. The van der Waals surface area contributed by atoms with Crippen molar-refractivity contribution in [2.75, 3.05) is 36.5 Å². The summed E-state index contributed by atoms with van der Waals surface area (Å²) in [4.78, 5) is 4.89. The van der Waals surface area contributed by atoms with Gasteiger partial charge in [0.2, 0.25) is 0 Å². The molecule has 2 fully saturated rings. The van der Waals surface area contributed by atoms with Gasteiger partial charge in [-0.15, -0.1) is 0 Å². The first-order valence-electron chi connectivity index (χ1n) is 6.84. The Hall–Kier alpha value is -0.860. The molecule has 1 aromatic heterocycles. The maximum absolute atomic E-state index is 12.0. The Kier molecular flexibility index (Phi) is 3.42. The number of hydrogen-bond acceptors (Lipinski definition) is 7. The van der Waals surface area contributed by atoms with Crippen molar-refractivity contribution in [3.63, 3.8) is 0 Å². The molecular weight excluding hydrogens is 296 g/mol. The van der Waals surface area contributed by atoms with Crippen molar-refractivity contribution in [1.29, 1.82) is 0 Å². The molecule has 2 aliphatic rings. The van der Waals surface area contributed by atoms with E-state index in [1.165, 1.54) is 30.6 Å². The van der Waals surface area contributed by atoms with Gasteiger partial charge in [0, 0.05) is 31.4 Å². The minimum Gasteiger partial charge on any atom is -0.382 e. The summed E-state index contributed by atoms with van der Waals surface area (Å²) in [6, 6.07) is 0.812. The van der Waals surface area contributed by atoms with Gasteiger partial charge in [0.1, 0.15) is 9.90 Å². The van der Waals surface area contributed by atoms with E-state index < -0.39 is 9.84 Å². The van der Waals surface area contributed by atoms with Crippen molar-refractivity contribution in [3.8, 4) is 0 Å². The number of nitrogens with two attached hydrogens (primary N) is 1. The lowest BCUT2D eigenvalue weighted by atomic mass is 10.1. The molecule has 2 unspecified atom stereocenters. The number of fused-ring (bicyclic) bond motifs is 1. The van der Waals surface area contributed by atoms with E-state index in [0.717, 1.165) is 19.6 Å². The fourth-order valence-corrected chi connectivity index (χ4v) is 5.59. The number of rotatable bonds is 2. The van der Waals surface area contributed by atoms with Crippen LogP contribution >= 0.6 is 11.5 Å². The summed E-state index contributed by atoms with van der Waals surface area (Å²) >= 11 is 1.20. The summed E-state index contributed by atoms with van der Waals surface area (Å²) in [5.41, 5.74) is 5.77. The Labute approximate surface area is 123 Å². The van der Waals surface area contributed by atoms with E-state index in [1.54, 1.807) is 0 Å². The van der Waals surface area contributed by atoms with Crippen LogP contribution in [-0.2, 0) is 9.84 Å². The number of aromatic nitrogens is 1. The van der Waals surface area contributed by atoms with Crippen molar-refractivity contribution < 1.29 is 8.42 Å². The van der Waals surface area contributed by atoms with E-state index in [2.05, 4.69) is 21.1 Å². The summed E-state index contributed by atoms with van der Waals surface area (Å²) in [6.07, 6.45) is 3.62. The number of anilines is 2. The monoisotopic (exact) mass is 316 g/mol. The quantitative estimate of drug-likeness (QED) is 0.869. The Balaban J connectivity index is 1.97. The smallest absolute Gasteiger partial charge is 0.182 e. The van der Waals surface area contributed by atoms with Gasteiger partial charge in [-0.05, 0) is 37.8 Å². The van der Waals surface area contributed by atoms with Crippen molar-refractivity contribution in [2.45, 2.75) is 36.7 Å². The minimum atomic E-state index is -3.35. The van der Waals surface area contributed by atoms with Crippen molar-refractivity contribution in [2.24, 2.45) is 0 Å². The fourth-order valence-electron chi connectivity index (χ4n) is 3.29. The maximum atomic E-state index is 12.0. The van der Waals surface area contributed by atoms with Gasteiger partial charge in [-0.2, -0.15) is 4.37 Å². The highest BCUT2D eigenvalue weighted by Gasteiger charge is 2.37. The fraction of sp³-hybridized carbons (Fsp3) is 0.750. The van der Waals surface area contributed by atoms with Crippen LogP contribution in [0, 0.1) is 0 Å². The maximum Gasteiger partial charge on any atom is 0.182 e. The average Bonchev–Trinajstić information content (AvgIpc) is 2.92. The first kappa shape index (κ1) is 14.1. The summed E-state index contributed by atoms with van der Waals surface area (Å²) < 4.78 is 28.0. The molecule has 112 valence electrons. The normalized spacial score (nSPS) is 27.8. The molecule has 0 saturated carbocycles. The molecule has 1 aromatic rings. The lowest BCUT2D eigenvalue weighted by Gasteiger charge is -2.43. The van der Waals surface area contributed by atoms with Gasteiger partial charge in [-0.3, -0.25) is 4.90 Å². The number of piperazine rings is 1. The topological polar surface area (TPSA) is 79.5 Å². The molecule has 2 aliphatic heterocycles. The van der Waals surface area contributed by atoms with Crippen LogP contribution < -0.4 is 10.6 Å². The van der Waals surface area contributed by atoms with Crippen LogP contribution in [0.15, 0.2) is 4.90 Å². The molecule has 20 heavy (non-hydrogen) atoms. The van der Waals surface area contributed by atoms with Crippen LogP contribution in [0.5, 0.6) is 0 Å². The van der Waals surface area contributed by atoms with E-state index in [4.69, 9.17) is 5.73 Å². The molecule has 0 bridgehead atoms. The van der Waals surface area contributed by atoms with E-state index >= 15 is 0 Å². The zero-order chi connectivity index (χ0) is 14.5. The first-order valence-corrected chi connectivity index (χ1v) is 9.50. The molecule has 0 amide bonds. The molecule has 2 saturated heterocycles. The molecule has 2 N–H and O–H groups in total. The Morgan fingerprint density at radius 1 is 1.40 bits per heavy atom. The number of sulfone groups is 1. The number of hydrogen-bond donors (Lipinski definition) is 1. The highest BCUT2D eigenvalue weighted by molar-refractivity contribution is 7.91. The molecule has 2 atom stereocenters. The summed E-state index contributed by atoms with van der Waals surface area (Å²) in [7, 11) is -3.35. The van der Waals surface area contributed by atoms with Crippen LogP contribution in [-0.4, -0.2) is 55.7 Å². The van der Waals surface area contributed by atoms with Crippen LogP contribution in [0.4, 0.5) is 10.8 Å². The third-order valence-corrected chi connectivity index (χ3v) is 6.40. The van der Waals surface area contributed by atoms with Crippen molar-refractivity contribution >= 4 is 32.2 Å². The minimum absolute atomic E-state index is 0.133. The second kappa shape index (κ2) is 4.85. The lowest BCUT2D eigenvalue weighted by Crippen LogP contribution is -2.55. The third kappa shape index (κ3) is 2.29. The lowest BCUT2D eigenvalue weighted by molar-refractivity contribution is 0.203. The van der Waals surface area contributed by atoms with Crippen LogP contribution in [0.1, 0.15) is 19.8 Å². The number of nitrogen functional groups attached to an aromatic ring is 1. The molecule has 0 spiro atoms. The van der Waals surface area contributed by atoms with Crippen LogP contribution in [0.2, 0.25) is 0 Å². The van der Waals surface area contributed by atoms with E-state index in [1.807, 2.05) is 0 Å². The second-order valence-electron chi connectivity index (χ2n) is 5.77. The van der Waals surface area contributed by atoms with Gasteiger partial charge in [0.25, 0.3) is 0 Å². The van der Waals surface area contributed by atoms with Crippen LogP contribution in [0.3, 0.4) is 0 Å². The summed E-state index contributed by atoms with van der Waals surface area (Å²) in [6.45, 7) is 5.14. The predicted molar refractivity (Wildman–Crippen MR) is 81.0 cm³/mol. The van der Waals surface area contributed by atoms with E-state index in [9.17, 15) is 8.42 Å². The van der Waals surface area contributed by atoms with Gasteiger partial charge < -0.3 is 10.6 Å². The Morgan fingerprint density at radius 2 is 2.15 bits per heavy atom. The van der Waals surface area contributed by atoms with E-state index in [-0.39, 0.29) is 16.8 Å². The largest absolute Gasteiger partial charge is 0.382 e. The van der Waals surface area contributed by atoms with Gasteiger partial charge in [0.05, 0.1) is 0 Å². The van der Waals surface area contributed by atoms with Gasteiger partial charge >= 0.3 is 0 Å². The standard InChI is InChI=1S/C12H20N4O2S2/c1-8-6-15-5-3-4-9(15)7-16(8)12-10(20(2,17)18)11(13)14-19-12/h8-9H,3-7H2,1-2H3,(H2,13,14). The molecule has 3 heterocycles. The van der Waals surface area contributed by atoms with Crippen LogP contribution in [0.25, 0.3) is 0 Å². The predicted octanol–water partition coefficient (Wildman–Crippen LogP) is 0.802. The van der Waals surface area contributed by atoms with E-state index in [0.29, 0.717) is 11.0 Å². The summed E-state index contributed by atoms with van der Waals surface area (Å²) in [5, 5.41) is 0.712.